The van der Waals surface area contributed by atoms with Crippen molar-refractivity contribution >= 4 is 17.6 Å². The maximum atomic E-state index is 12.6. The molecule has 3 aromatic rings. The number of rotatable bonds is 7. The molecule has 1 heterocycles. The molecule has 31 heavy (non-hydrogen) atoms. The van der Waals surface area contributed by atoms with Gasteiger partial charge in [-0.05, 0) is 60.2 Å². The lowest BCUT2D eigenvalue weighted by Gasteiger charge is -2.07. The minimum absolute atomic E-state index is 0.133. The molecule has 0 fully saturated rings. The Hall–Kier alpha value is -4.06. The summed E-state index contributed by atoms with van der Waals surface area (Å²) < 4.78 is 21.7. The highest BCUT2D eigenvalue weighted by Crippen LogP contribution is 2.35. The van der Waals surface area contributed by atoms with Crippen molar-refractivity contribution in [1.82, 2.24) is 0 Å². The Morgan fingerprint density at radius 2 is 1.65 bits per heavy atom. The number of hydrogen-bond acceptors (Lipinski definition) is 6. The quantitative estimate of drug-likeness (QED) is 0.415. The van der Waals surface area contributed by atoms with Crippen LogP contribution in [0, 0.1) is 0 Å². The molecule has 0 radical (unpaired) electrons. The molecule has 4 rings (SSSR count). The van der Waals surface area contributed by atoms with Crippen LogP contribution in [0.3, 0.4) is 0 Å². The molecule has 0 amide bonds. The second-order valence-corrected chi connectivity index (χ2v) is 6.81. The molecule has 0 aliphatic carbocycles. The Balaban J connectivity index is 1.45. The van der Waals surface area contributed by atoms with Crippen molar-refractivity contribution in [3.8, 4) is 23.0 Å². The van der Waals surface area contributed by atoms with Gasteiger partial charge in [-0.3, -0.25) is 9.59 Å². The topological polar surface area (TPSA) is 71.1 Å². The number of benzene rings is 3. The van der Waals surface area contributed by atoms with E-state index in [1.54, 1.807) is 62.8 Å². The third kappa shape index (κ3) is 4.43. The van der Waals surface area contributed by atoms with Gasteiger partial charge in [0.15, 0.2) is 18.1 Å². The Morgan fingerprint density at radius 3 is 2.39 bits per heavy atom. The molecule has 0 N–H and O–H groups in total. The van der Waals surface area contributed by atoms with Crippen LogP contribution in [0.5, 0.6) is 23.0 Å². The molecule has 6 heteroatoms. The monoisotopic (exact) mass is 416 g/mol. The van der Waals surface area contributed by atoms with Gasteiger partial charge in [0.05, 0.1) is 19.8 Å². The predicted octanol–water partition coefficient (Wildman–Crippen LogP) is 4.58. The van der Waals surface area contributed by atoms with Gasteiger partial charge in [-0.2, -0.15) is 0 Å². The molecular formula is C25H20O6. The highest BCUT2D eigenvalue weighted by molar-refractivity contribution is 6.14. The number of methoxy groups -OCH3 is 2. The minimum Gasteiger partial charge on any atom is -0.497 e. The van der Waals surface area contributed by atoms with E-state index in [0.717, 1.165) is 5.56 Å². The second kappa shape index (κ2) is 8.75. The molecule has 0 saturated heterocycles. The van der Waals surface area contributed by atoms with Gasteiger partial charge in [-0.15, -0.1) is 0 Å². The first-order valence-electron chi connectivity index (χ1n) is 9.60. The summed E-state index contributed by atoms with van der Waals surface area (Å²) >= 11 is 0. The van der Waals surface area contributed by atoms with E-state index in [4.69, 9.17) is 18.9 Å². The number of ether oxygens (including phenoxy) is 4. The number of carbonyl (C=O) groups excluding carboxylic acids is 2. The lowest BCUT2D eigenvalue weighted by atomic mass is 10.1. The molecule has 6 nitrogen and oxygen atoms in total. The van der Waals surface area contributed by atoms with Gasteiger partial charge in [-0.1, -0.05) is 12.1 Å². The van der Waals surface area contributed by atoms with Gasteiger partial charge in [0.1, 0.15) is 23.0 Å². The number of hydrogen-bond donors (Lipinski definition) is 0. The van der Waals surface area contributed by atoms with E-state index in [-0.39, 0.29) is 23.9 Å². The zero-order valence-electron chi connectivity index (χ0n) is 17.1. The number of carbonyl (C=O) groups is 2. The lowest BCUT2D eigenvalue weighted by molar-refractivity contribution is 0.0920. The number of fused-ring (bicyclic) bond motifs is 1. The maximum absolute atomic E-state index is 12.6. The van der Waals surface area contributed by atoms with Crippen molar-refractivity contribution in [2.75, 3.05) is 20.8 Å². The van der Waals surface area contributed by atoms with Crippen LogP contribution in [0.4, 0.5) is 0 Å². The van der Waals surface area contributed by atoms with Crippen LogP contribution in [0.15, 0.2) is 72.5 Å². The van der Waals surface area contributed by atoms with Gasteiger partial charge >= 0.3 is 0 Å². The zero-order valence-corrected chi connectivity index (χ0v) is 17.1. The van der Waals surface area contributed by atoms with E-state index in [0.29, 0.717) is 34.1 Å². The largest absolute Gasteiger partial charge is 0.497 e. The number of Topliss-reactive ketones (excluding diaryl/α,β-unsaturated/α-hetero) is 2. The van der Waals surface area contributed by atoms with E-state index in [9.17, 15) is 9.59 Å². The van der Waals surface area contributed by atoms with Gasteiger partial charge in [-0.25, -0.2) is 0 Å². The van der Waals surface area contributed by atoms with E-state index >= 15 is 0 Å². The fourth-order valence-electron chi connectivity index (χ4n) is 3.15. The van der Waals surface area contributed by atoms with E-state index in [1.807, 2.05) is 24.3 Å². The Kier molecular flexibility index (Phi) is 5.71. The van der Waals surface area contributed by atoms with Crippen molar-refractivity contribution < 1.29 is 28.5 Å². The summed E-state index contributed by atoms with van der Waals surface area (Å²) in [5.41, 5.74) is 1.76. The lowest BCUT2D eigenvalue weighted by Crippen LogP contribution is -2.11. The normalized spacial score (nSPS) is 13.5. The van der Waals surface area contributed by atoms with Gasteiger partial charge < -0.3 is 18.9 Å². The highest BCUT2D eigenvalue weighted by atomic mass is 16.5. The third-order valence-corrected chi connectivity index (χ3v) is 4.81. The third-order valence-electron chi connectivity index (χ3n) is 4.81. The summed E-state index contributed by atoms with van der Waals surface area (Å²) in [7, 11) is 3.15. The predicted molar refractivity (Wildman–Crippen MR) is 115 cm³/mol. The average molecular weight is 416 g/mol. The molecule has 1 aliphatic rings. The van der Waals surface area contributed by atoms with Gasteiger partial charge in [0.2, 0.25) is 5.78 Å². The van der Waals surface area contributed by atoms with E-state index in [2.05, 4.69) is 0 Å². The molecular weight excluding hydrogens is 396 g/mol. The fraction of sp³-hybridized carbons (Fsp3) is 0.120. The summed E-state index contributed by atoms with van der Waals surface area (Å²) in [6.45, 7) is -0.133. The average Bonchev–Trinajstić information content (AvgIpc) is 3.12. The van der Waals surface area contributed by atoms with Crippen molar-refractivity contribution in [1.29, 1.82) is 0 Å². The molecule has 156 valence electrons. The maximum Gasteiger partial charge on any atom is 0.231 e. The van der Waals surface area contributed by atoms with Crippen molar-refractivity contribution in [3.05, 3.63) is 89.2 Å². The van der Waals surface area contributed by atoms with E-state index in [1.165, 1.54) is 0 Å². The van der Waals surface area contributed by atoms with Crippen molar-refractivity contribution in [2.24, 2.45) is 0 Å². The van der Waals surface area contributed by atoms with Gasteiger partial charge in [0, 0.05) is 11.6 Å². The standard InChI is InChI=1S/C25H20O6/c1-28-18-8-6-17(7-9-18)22(26)15-30-20-10-11-21-23(14-20)31-24(25(21)27)13-16-4-3-5-19(12-16)29-2/h3-14H,15H2,1-2H3. The van der Waals surface area contributed by atoms with Crippen molar-refractivity contribution in [2.45, 2.75) is 0 Å². The highest BCUT2D eigenvalue weighted by Gasteiger charge is 2.27. The molecule has 0 atom stereocenters. The summed E-state index contributed by atoms with van der Waals surface area (Å²) in [5.74, 6) is 2.04. The molecule has 0 bridgehead atoms. The number of allylic oxidation sites excluding steroid dienone is 1. The second-order valence-electron chi connectivity index (χ2n) is 6.81. The fourth-order valence-corrected chi connectivity index (χ4v) is 3.15. The van der Waals surface area contributed by atoms with Crippen LogP contribution in [0.25, 0.3) is 6.08 Å². The molecule has 3 aromatic carbocycles. The van der Waals surface area contributed by atoms with Crippen LogP contribution in [0.1, 0.15) is 26.3 Å². The summed E-state index contributed by atoms with van der Waals surface area (Å²) in [4.78, 5) is 25.0. The Morgan fingerprint density at radius 1 is 0.903 bits per heavy atom. The molecule has 0 spiro atoms. The first kappa shape index (κ1) is 20.2. The van der Waals surface area contributed by atoms with Crippen LogP contribution >= 0.6 is 0 Å². The van der Waals surface area contributed by atoms with Crippen LogP contribution < -0.4 is 18.9 Å². The van der Waals surface area contributed by atoms with Crippen molar-refractivity contribution in [3.63, 3.8) is 0 Å². The van der Waals surface area contributed by atoms with Crippen LogP contribution in [0.2, 0.25) is 0 Å². The van der Waals surface area contributed by atoms with E-state index < -0.39 is 0 Å². The molecule has 0 unspecified atom stereocenters. The smallest absolute Gasteiger partial charge is 0.231 e. The SMILES string of the molecule is COc1ccc(C(=O)COc2ccc3c(c2)OC(=Cc2cccc(OC)c2)C3=O)cc1. The zero-order chi connectivity index (χ0) is 21.8. The summed E-state index contributed by atoms with van der Waals surface area (Å²) in [6.07, 6.45) is 1.67. The Labute approximate surface area is 179 Å². The molecule has 1 aliphatic heterocycles. The summed E-state index contributed by atoms with van der Waals surface area (Å²) in [5, 5.41) is 0. The molecule has 0 aromatic heterocycles. The molecule has 0 saturated carbocycles. The number of ketones is 2. The summed E-state index contributed by atoms with van der Waals surface area (Å²) in [6, 6.07) is 19.0. The van der Waals surface area contributed by atoms with Crippen LogP contribution in [-0.2, 0) is 0 Å². The van der Waals surface area contributed by atoms with Crippen LogP contribution in [-0.4, -0.2) is 32.4 Å². The first-order valence-corrected chi connectivity index (χ1v) is 9.60. The first-order chi connectivity index (χ1) is 15.1. The minimum atomic E-state index is -0.210. The Bertz CT molecular complexity index is 1160. The van der Waals surface area contributed by atoms with Gasteiger partial charge in [0.25, 0.3) is 0 Å².